The molecule has 2 aromatic rings. The third-order valence-electron chi connectivity index (χ3n) is 5.74. The zero-order valence-corrected chi connectivity index (χ0v) is 21.0. The summed E-state index contributed by atoms with van der Waals surface area (Å²) in [6.07, 6.45) is 9.18. The number of benzene rings is 1. The first-order valence-corrected chi connectivity index (χ1v) is 12.6. The van der Waals surface area contributed by atoms with E-state index >= 15 is 0 Å². The van der Waals surface area contributed by atoms with Crippen LogP contribution in [-0.2, 0) is 17.6 Å². The standard InChI is InChI=1S/C26H30N2O3S2/c1-4-5-6-13-31-22-11-8-18(15-23(22)30-3)9-12-24(29)28-25-21(16-27)19-10-7-17(2)14-20(19)26(32)33-25/h8-9,11-12,15,17H,4-7,10,13-14H2,1-3H3,(H,28,29)/b12-9+. The molecule has 5 nitrogen and oxygen atoms in total. The van der Waals surface area contributed by atoms with E-state index in [1.807, 2.05) is 18.2 Å². The lowest BCUT2D eigenvalue weighted by molar-refractivity contribution is -0.111. The molecule has 0 saturated heterocycles. The Labute approximate surface area is 205 Å². The van der Waals surface area contributed by atoms with Gasteiger partial charge in [-0.15, -0.1) is 11.3 Å². The van der Waals surface area contributed by atoms with Gasteiger partial charge in [0.1, 0.15) is 11.1 Å². The van der Waals surface area contributed by atoms with E-state index in [0.717, 1.165) is 59.0 Å². The Bertz CT molecular complexity index is 1130. The first kappa shape index (κ1) is 24.9. The second-order valence-electron chi connectivity index (χ2n) is 8.30. The fraction of sp³-hybridized carbons (Fsp3) is 0.423. The number of amides is 1. The van der Waals surface area contributed by atoms with Gasteiger partial charge in [0.15, 0.2) is 11.5 Å². The van der Waals surface area contributed by atoms with Crippen molar-refractivity contribution in [3.05, 3.63) is 50.4 Å². The SMILES string of the molecule is CCCCCOc1ccc(/C=C/C(=O)Nc2sc(=S)c3c(c2C#N)CCC(C)C3)cc1OC. The third kappa shape index (κ3) is 6.43. The van der Waals surface area contributed by atoms with Gasteiger partial charge in [0, 0.05) is 6.08 Å². The highest BCUT2D eigenvalue weighted by Crippen LogP contribution is 2.36. The number of rotatable bonds is 9. The molecule has 3 rings (SSSR count). The first-order chi connectivity index (χ1) is 16.0. The highest BCUT2D eigenvalue weighted by Gasteiger charge is 2.23. The number of nitrogens with one attached hydrogen (secondary N) is 1. The monoisotopic (exact) mass is 482 g/mol. The largest absolute Gasteiger partial charge is 0.493 e. The van der Waals surface area contributed by atoms with E-state index < -0.39 is 0 Å². The van der Waals surface area contributed by atoms with Crippen LogP contribution in [0.4, 0.5) is 5.00 Å². The number of anilines is 1. The molecular weight excluding hydrogens is 452 g/mol. The lowest BCUT2D eigenvalue weighted by atomic mass is 9.85. The Balaban J connectivity index is 1.72. The number of fused-ring (bicyclic) bond motifs is 1. The second-order valence-corrected chi connectivity index (χ2v) is 9.99. The lowest BCUT2D eigenvalue weighted by Crippen LogP contribution is -2.15. The van der Waals surface area contributed by atoms with E-state index in [2.05, 4.69) is 25.2 Å². The van der Waals surface area contributed by atoms with E-state index in [0.29, 0.717) is 34.6 Å². The van der Waals surface area contributed by atoms with E-state index in [4.69, 9.17) is 21.7 Å². The van der Waals surface area contributed by atoms with Crippen LogP contribution >= 0.6 is 23.6 Å². The predicted octanol–water partition coefficient (Wildman–Crippen LogP) is 6.70. The molecule has 1 aliphatic carbocycles. The summed E-state index contributed by atoms with van der Waals surface area (Å²) in [5, 5.41) is 13.1. The van der Waals surface area contributed by atoms with Gasteiger partial charge >= 0.3 is 0 Å². The maximum atomic E-state index is 12.6. The molecular formula is C26H30N2O3S2. The number of nitriles is 1. The van der Waals surface area contributed by atoms with Gasteiger partial charge in [0.05, 0.1) is 23.1 Å². The Kier molecular flexibility index (Phi) is 9.04. The summed E-state index contributed by atoms with van der Waals surface area (Å²) >= 11 is 6.88. The molecule has 0 saturated carbocycles. The molecule has 0 radical (unpaired) electrons. The molecule has 33 heavy (non-hydrogen) atoms. The van der Waals surface area contributed by atoms with Crippen LogP contribution in [-0.4, -0.2) is 19.6 Å². The molecule has 1 aromatic heterocycles. The molecule has 174 valence electrons. The van der Waals surface area contributed by atoms with Gasteiger partial charge in [-0.2, -0.15) is 5.26 Å². The van der Waals surface area contributed by atoms with Crippen LogP contribution in [0.3, 0.4) is 0 Å². The van der Waals surface area contributed by atoms with Crippen molar-refractivity contribution in [1.29, 1.82) is 5.26 Å². The van der Waals surface area contributed by atoms with Crippen molar-refractivity contribution in [1.82, 2.24) is 0 Å². The minimum Gasteiger partial charge on any atom is -0.493 e. The van der Waals surface area contributed by atoms with Gasteiger partial charge in [0.2, 0.25) is 5.91 Å². The summed E-state index contributed by atoms with van der Waals surface area (Å²) in [6, 6.07) is 7.86. The fourth-order valence-corrected chi connectivity index (χ4v) is 5.31. The van der Waals surface area contributed by atoms with Crippen LogP contribution in [0.15, 0.2) is 24.3 Å². The van der Waals surface area contributed by atoms with Crippen LogP contribution in [0.25, 0.3) is 6.08 Å². The summed E-state index contributed by atoms with van der Waals surface area (Å²) in [6.45, 7) is 5.01. The topological polar surface area (TPSA) is 71.3 Å². The van der Waals surface area contributed by atoms with Crippen molar-refractivity contribution in [2.24, 2.45) is 5.92 Å². The number of hydrogen-bond acceptors (Lipinski definition) is 6. The number of hydrogen-bond donors (Lipinski definition) is 1. The molecule has 1 heterocycles. The molecule has 1 aromatic carbocycles. The van der Waals surface area contributed by atoms with Gasteiger partial charge in [-0.25, -0.2) is 0 Å². The van der Waals surface area contributed by atoms with Gasteiger partial charge < -0.3 is 14.8 Å². The molecule has 0 spiro atoms. The van der Waals surface area contributed by atoms with Crippen molar-refractivity contribution < 1.29 is 14.3 Å². The van der Waals surface area contributed by atoms with E-state index in [1.165, 1.54) is 17.4 Å². The molecule has 0 bridgehead atoms. The predicted molar refractivity (Wildman–Crippen MR) is 137 cm³/mol. The van der Waals surface area contributed by atoms with Crippen LogP contribution in [0.1, 0.15) is 61.8 Å². The van der Waals surface area contributed by atoms with Gasteiger partial charge in [-0.3, -0.25) is 4.79 Å². The smallest absolute Gasteiger partial charge is 0.249 e. The van der Waals surface area contributed by atoms with Crippen molar-refractivity contribution in [3.8, 4) is 17.6 Å². The van der Waals surface area contributed by atoms with E-state index in [1.54, 1.807) is 13.2 Å². The van der Waals surface area contributed by atoms with Gasteiger partial charge in [-0.05, 0) is 66.5 Å². The van der Waals surface area contributed by atoms with Crippen LogP contribution in [0.2, 0.25) is 0 Å². The average molecular weight is 483 g/mol. The zero-order valence-electron chi connectivity index (χ0n) is 19.4. The molecule has 7 heteroatoms. The minimum atomic E-state index is -0.305. The normalized spacial score (nSPS) is 15.0. The summed E-state index contributed by atoms with van der Waals surface area (Å²) < 4.78 is 12.0. The van der Waals surface area contributed by atoms with Gasteiger partial charge in [-0.1, -0.05) is 45.0 Å². The second kappa shape index (κ2) is 12.0. The average Bonchev–Trinajstić information content (AvgIpc) is 2.81. The molecule has 1 unspecified atom stereocenters. The molecule has 0 aliphatic heterocycles. The Morgan fingerprint density at radius 1 is 1.33 bits per heavy atom. The Morgan fingerprint density at radius 3 is 2.88 bits per heavy atom. The summed E-state index contributed by atoms with van der Waals surface area (Å²) in [4.78, 5) is 12.6. The summed E-state index contributed by atoms with van der Waals surface area (Å²) in [5.41, 5.74) is 3.46. The van der Waals surface area contributed by atoms with Crippen molar-refractivity contribution in [2.45, 2.75) is 52.4 Å². The molecule has 1 aliphatic rings. The molecule has 1 atom stereocenters. The van der Waals surface area contributed by atoms with Crippen LogP contribution in [0.5, 0.6) is 11.5 Å². The number of ether oxygens (including phenoxy) is 2. The maximum Gasteiger partial charge on any atom is 0.249 e. The minimum absolute atomic E-state index is 0.305. The number of methoxy groups -OCH3 is 1. The highest BCUT2D eigenvalue weighted by atomic mass is 32.1. The lowest BCUT2D eigenvalue weighted by Gasteiger charge is -2.23. The number of unbranched alkanes of at least 4 members (excludes halogenated alkanes) is 2. The van der Waals surface area contributed by atoms with Gasteiger partial charge in [0.25, 0.3) is 0 Å². The molecule has 1 N–H and O–H groups in total. The Hall–Kier alpha value is -2.69. The number of nitrogens with zero attached hydrogens (tertiary/aromatic N) is 1. The summed E-state index contributed by atoms with van der Waals surface area (Å²) in [7, 11) is 1.60. The van der Waals surface area contributed by atoms with E-state index in [-0.39, 0.29) is 5.91 Å². The highest BCUT2D eigenvalue weighted by molar-refractivity contribution is 7.73. The fourth-order valence-electron chi connectivity index (χ4n) is 3.91. The summed E-state index contributed by atoms with van der Waals surface area (Å²) in [5.74, 6) is 1.58. The first-order valence-electron chi connectivity index (χ1n) is 11.4. The quantitative estimate of drug-likeness (QED) is 0.244. The molecule has 1 amide bonds. The zero-order chi connectivity index (χ0) is 23.8. The van der Waals surface area contributed by atoms with Crippen molar-refractivity contribution in [2.75, 3.05) is 19.0 Å². The Morgan fingerprint density at radius 2 is 2.15 bits per heavy atom. The van der Waals surface area contributed by atoms with E-state index in [9.17, 15) is 10.1 Å². The van der Waals surface area contributed by atoms with Crippen molar-refractivity contribution in [3.63, 3.8) is 0 Å². The van der Waals surface area contributed by atoms with Crippen LogP contribution < -0.4 is 14.8 Å². The maximum absolute atomic E-state index is 12.6. The number of carbonyl (C=O) groups excluding carboxylic acids is 1. The molecule has 0 fully saturated rings. The third-order valence-corrected chi connectivity index (χ3v) is 7.18. The van der Waals surface area contributed by atoms with Crippen LogP contribution in [0, 0.1) is 21.1 Å². The number of carbonyl (C=O) groups is 1. The van der Waals surface area contributed by atoms with Crippen molar-refractivity contribution >= 4 is 40.5 Å².